The predicted octanol–water partition coefficient (Wildman–Crippen LogP) is 4.15. The van der Waals surface area contributed by atoms with Crippen molar-refractivity contribution in [2.45, 2.75) is 13.0 Å². The zero-order valence-electron chi connectivity index (χ0n) is 9.92. The topological polar surface area (TPSA) is 20.2 Å². The highest BCUT2D eigenvalue weighted by atomic mass is 35.5. The summed E-state index contributed by atoms with van der Waals surface area (Å²) in [6.45, 7) is 1.42. The van der Waals surface area contributed by atoms with E-state index >= 15 is 0 Å². The van der Waals surface area contributed by atoms with E-state index < -0.39 is 29.1 Å². The highest BCUT2D eigenvalue weighted by molar-refractivity contribution is 6.31. The van der Waals surface area contributed by atoms with Crippen LogP contribution in [0.25, 0.3) is 0 Å². The summed E-state index contributed by atoms with van der Waals surface area (Å²) in [6, 6.07) is 6.01. The van der Waals surface area contributed by atoms with Gasteiger partial charge in [-0.2, -0.15) is 0 Å². The van der Waals surface area contributed by atoms with Gasteiger partial charge >= 0.3 is 0 Å². The Balaban J connectivity index is 2.63. The molecule has 1 N–H and O–H groups in total. The largest absolute Gasteiger partial charge is 0.383 e. The minimum absolute atomic E-state index is 0.0900. The van der Waals surface area contributed by atoms with Gasteiger partial charge in [0, 0.05) is 10.6 Å². The number of aliphatic hydroxyl groups is 1. The highest BCUT2D eigenvalue weighted by Crippen LogP contribution is 2.33. The average Bonchev–Trinajstić information content (AvgIpc) is 2.34. The van der Waals surface area contributed by atoms with Gasteiger partial charge in [0.2, 0.25) is 0 Å². The molecule has 0 aliphatic carbocycles. The van der Waals surface area contributed by atoms with Crippen LogP contribution in [0.15, 0.2) is 30.3 Å². The molecule has 1 nitrogen and oxygen atoms in total. The van der Waals surface area contributed by atoms with Crippen LogP contribution < -0.4 is 0 Å². The Bertz CT molecular complexity index is 608. The third-order valence-electron chi connectivity index (χ3n) is 2.87. The molecule has 0 aromatic heterocycles. The Morgan fingerprint density at radius 2 is 1.63 bits per heavy atom. The van der Waals surface area contributed by atoms with Crippen LogP contribution in [0.4, 0.5) is 13.2 Å². The summed E-state index contributed by atoms with van der Waals surface area (Å²) < 4.78 is 41.2. The lowest BCUT2D eigenvalue weighted by atomic mass is 9.98. The van der Waals surface area contributed by atoms with Crippen LogP contribution in [0.1, 0.15) is 22.8 Å². The Morgan fingerprint density at radius 3 is 2.26 bits per heavy atom. The van der Waals surface area contributed by atoms with Gasteiger partial charge in [-0.25, -0.2) is 13.2 Å². The van der Waals surface area contributed by atoms with Gasteiger partial charge in [-0.05, 0) is 30.7 Å². The summed E-state index contributed by atoms with van der Waals surface area (Å²) >= 11 is 5.77. The first-order valence-corrected chi connectivity index (χ1v) is 5.87. The van der Waals surface area contributed by atoms with Crippen LogP contribution >= 0.6 is 11.6 Å². The summed E-state index contributed by atoms with van der Waals surface area (Å²) in [5, 5.41) is 9.95. The van der Waals surface area contributed by atoms with Crippen LogP contribution in [0.5, 0.6) is 0 Å². The van der Waals surface area contributed by atoms with Gasteiger partial charge in [0.25, 0.3) is 0 Å². The van der Waals surface area contributed by atoms with Gasteiger partial charge in [0.05, 0.1) is 5.56 Å². The van der Waals surface area contributed by atoms with Crippen LogP contribution in [0, 0.1) is 24.4 Å². The SMILES string of the molecule is Cc1ccc(F)c(C(O)c2c(F)cccc2Cl)c1F. The normalized spacial score (nSPS) is 12.5. The van der Waals surface area contributed by atoms with Crippen molar-refractivity contribution in [1.82, 2.24) is 0 Å². The van der Waals surface area contributed by atoms with Gasteiger partial charge in [-0.1, -0.05) is 23.7 Å². The Kier molecular flexibility index (Phi) is 3.83. The number of rotatable bonds is 2. The van der Waals surface area contributed by atoms with Crippen molar-refractivity contribution in [2.75, 3.05) is 0 Å². The Hall–Kier alpha value is -1.52. The van der Waals surface area contributed by atoms with Gasteiger partial charge in [-0.3, -0.25) is 0 Å². The molecule has 1 unspecified atom stereocenters. The molecular weight excluding hydrogens is 277 g/mol. The molecule has 0 fully saturated rings. The first kappa shape index (κ1) is 13.9. The number of hydrogen-bond donors (Lipinski definition) is 1. The van der Waals surface area contributed by atoms with E-state index in [9.17, 15) is 18.3 Å². The summed E-state index contributed by atoms with van der Waals surface area (Å²) in [7, 11) is 0. The number of aliphatic hydroxyl groups excluding tert-OH is 1. The predicted molar refractivity (Wildman–Crippen MR) is 66.6 cm³/mol. The van der Waals surface area contributed by atoms with Crippen molar-refractivity contribution in [3.63, 3.8) is 0 Å². The molecule has 0 radical (unpaired) electrons. The summed E-state index contributed by atoms with van der Waals surface area (Å²) in [6.07, 6.45) is -1.80. The molecule has 2 aromatic carbocycles. The van der Waals surface area contributed by atoms with Gasteiger partial charge in [0.15, 0.2) is 0 Å². The fraction of sp³-hybridized carbons (Fsp3) is 0.143. The second kappa shape index (κ2) is 5.23. The van der Waals surface area contributed by atoms with Crippen LogP contribution in [0.3, 0.4) is 0 Å². The molecule has 1 atom stereocenters. The van der Waals surface area contributed by atoms with E-state index in [4.69, 9.17) is 11.6 Å². The van der Waals surface area contributed by atoms with Crippen molar-refractivity contribution in [3.05, 3.63) is 69.5 Å². The monoisotopic (exact) mass is 286 g/mol. The molecule has 2 aromatic rings. The van der Waals surface area contributed by atoms with E-state index in [-0.39, 0.29) is 16.1 Å². The van der Waals surface area contributed by atoms with Gasteiger partial charge < -0.3 is 5.11 Å². The molecule has 0 heterocycles. The number of benzene rings is 2. The smallest absolute Gasteiger partial charge is 0.135 e. The van der Waals surface area contributed by atoms with Gasteiger partial charge in [-0.15, -0.1) is 0 Å². The first-order valence-electron chi connectivity index (χ1n) is 5.50. The lowest BCUT2D eigenvalue weighted by Crippen LogP contribution is -2.09. The zero-order valence-corrected chi connectivity index (χ0v) is 10.7. The molecule has 0 aliphatic rings. The molecule has 0 bridgehead atoms. The van der Waals surface area contributed by atoms with Gasteiger partial charge in [0.1, 0.15) is 23.6 Å². The lowest BCUT2D eigenvalue weighted by Gasteiger charge is -2.16. The standard InChI is InChI=1S/C14H10ClF3O/c1-7-5-6-10(17)12(13(7)18)14(19)11-8(15)3-2-4-9(11)16/h2-6,14,19H,1H3. The first-order chi connectivity index (χ1) is 8.93. The fourth-order valence-corrected chi connectivity index (χ4v) is 2.11. The molecule has 2 rings (SSSR count). The highest BCUT2D eigenvalue weighted by Gasteiger charge is 2.25. The lowest BCUT2D eigenvalue weighted by molar-refractivity contribution is 0.204. The maximum Gasteiger partial charge on any atom is 0.135 e. The maximum atomic E-state index is 13.9. The third kappa shape index (κ3) is 2.46. The summed E-state index contributed by atoms with van der Waals surface area (Å²) in [5.74, 6) is -2.68. The molecule has 100 valence electrons. The van der Waals surface area contributed by atoms with Crippen molar-refractivity contribution in [1.29, 1.82) is 0 Å². The van der Waals surface area contributed by atoms with Crippen LogP contribution in [-0.2, 0) is 0 Å². The molecule has 5 heteroatoms. The number of halogens is 4. The maximum absolute atomic E-state index is 13.9. The zero-order chi connectivity index (χ0) is 14.2. The quantitative estimate of drug-likeness (QED) is 0.879. The van der Waals surface area contributed by atoms with Crippen molar-refractivity contribution in [2.24, 2.45) is 0 Å². The summed E-state index contributed by atoms with van der Waals surface area (Å²) in [4.78, 5) is 0. The van der Waals surface area contributed by atoms with E-state index in [1.807, 2.05) is 0 Å². The molecule has 0 saturated carbocycles. The fourth-order valence-electron chi connectivity index (χ4n) is 1.85. The average molecular weight is 287 g/mol. The molecular formula is C14H10ClF3O. The van der Waals surface area contributed by atoms with Crippen molar-refractivity contribution in [3.8, 4) is 0 Å². The Morgan fingerprint density at radius 1 is 1.00 bits per heavy atom. The van der Waals surface area contributed by atoms with Crippen LogP contribution in [-0.4, -0.2) is 5.11 Å². The number of aryl methyl sites for hydroxylation is 1. The second-order valence-electron chi connectivity index (χ2n) is 4.13. The molecule has 19 heavy (non-hydrogen) atoms. The number of hydrogen-bond acceptors (Lipinski definition) is 1. The minimum atomic E-state index is -1.80. The van der Waals surface area contributed by atoms with E-state index in [0.29, 0.717) is 0 Å². The minimum Gasteiger partial charge on any atom is -0.383 e. The third-order valence-corrected chi connectivity index (χ3v) is 3.20. The van der Waals surface area contributed by atoms with Crippen molar-refractivity contribution >= 4 is 11.6 Å². The van der Waals surface area contributed by atoms with E-state index in [2.05, 4.69) is 0 Å². The van der Waals surface area contributed by atoms with Crippen LogP contribution in [0.2, 0.25) is 5.02 Å². The molecule has 0 amide bonds. The summed E-state index contributed by atoms with van der Waals surface area (Å²) in [5.41, 5.74) is -0.789. The van der Waals surface area contributed by atoms with E-state index in [1.165, 1.54) is 25.1 Å². The van der Waals surface area contributed by atoms with E-state index in [1.54, 1.807) is 0 Å². The molecule has 0 aliphatic heterocycles. The Labute approximate surface area is 113 Å². The van der Waals surface area contributed by atoms with Crippen molar-refractivity contribution < 1.29 is 18.3 Å². The molecule has 0 saturated heterocycles. The second-order valence-corrected chi connectivity index (χ2v) is 4.54. The van der Waals surface area contributed by atoms with E-state index in [0.717, 1.165) is 12.1 Å². The molecule has 0 spiro atoms.